The fourth-order valence-electron chi connectivity index (χ4n) is 7.79. The molecule has 0 aromatic carbocycles. The van der Waals surface area contributed by atoms with Gasteiger partial charge >= 0.3 is 0 Å². The maximum atomic E-state index is 2.40. The lowest BCUT2D eigenvalue weighted by Crippen LogP contribution is -1.80. The van der Waals surface area contributed by atoms with E-state index in [2.05, 4.69) is 309 Å². The molecule has 0 spiro atoms. The molecule has 0 saturated carbocycles. The third kappa shape index (κ3) is 57.0. The Morgan fingerprint density at radius 1 is 0.175 bits per heavy atom. The van der Waals surface area contributed by atoms with Gasteiger partial charge in [-0.15, -0.1) is 0 Å². The lowest BCUT2D eigenvalue weighted by Gasteiger charge is -2.00. The predicted octanol–water partition coefficient (Wildman–Crippen LogP) is 26.8. The highest BCUT2D eigenvalue weighted by atomic mass is 14.0. The van der Waals surface area contributed by atoms with Crippen molar-refractivity contribution in [2.75, 3.05) is 0 Å². The van der Waals surface area contributed by atoms with Crippen molar-refractivity contribution in [2.45, 2.75) is 241 Å². The van der Waals surface area contributed by atoms with Gasteiger partial charge in [0.15, 0.2) is 0 Å². The molecule has 0 rings (SSSR count). The lowest BCUT2D eigenvalue weighted by molar-refractivity contribution is 0.918. The number of hydrogen-bond acceptors (Lipinski definition) is 0. The van der Waals surface area contributed by atoms with E-state index >= 15 is 0 Å². The van der Waals surface area contributed by atoms with E-state index in [-0.39, 0.29) is 0 Å². The van der Waals surface area contributed by atoms with Crippen molar-refractivity contribution in [2.24, 2.45) is 0 Å². The van der Waals surface area contributed by atoms with Gasteiger partial charge in [-0.3, -0.25) is 0 Å². The minimum atomic E-state index is 1.12. The molecule has 0 unspecified atom stereocenters. The minimum Gasteiger partial charge on any atom is -0.0856 e. The lowest BCUT2D eigenvalue weighted by atomic mass is 10.1. The number of hydrogen-bond donors (Lipinski definition) is 0. The normalized spacial score (nSPS) is 14.7. The largest absolute Gasteiger partial charge is 0.0856 e. The molecule has 0 aliphatic rings. The molecule has 0 saturated heterocycles. The van der Waals surface area contributed by atoms with Gasteiger partial charge in [0, 0.05) is 0 Å². The summed E-state index contributed by atoms with van der Waals surface area (Å²) in [4.78, 5) is 0. The van der Waals surface area contributed by atoms with E-state index in [1.165, 1.54) is 115 Å². The van der Waals surface area contributed by atoms with Crippen LogP contribution in [0.2, 0.25) is 0 Å². The quantitative estimate of drug-likeness (QED) is 0.0433. The predicted molar refractivity (Wildman–Crippen MR) is 372 cm³/mol. The third-order valence-corrected chi connectivity index (χ3v) is 13.1. The second-order valence-electron chi connectivity index (χ2n) is 23.5. The van der Waals surface area contributed by atoms with Crippen molar-refractivity contribution in [3.8, 4) is 0 Å². The van der Waals surface area contributed by atoms with Crippen LogP contribution in [-0.2, 0) is 0 Å². The van der Waals surface area contributed by atoms with Gasteiger partial charge in [-0.2, -0.15) is 0 Å². The molecule has 0 atom stereocenters. The second-order valence-corrected chi connectivity index (χ2v) is 23.5. The smallest absolute Gasteiger partial charge is 0.0285 e. The van der Waals surface area contributed by atoms with Gasteiger partial charge < -0.3 is 0 Å². The van der Waals surface area contributed by atoms with E-state index in [4.69, 9.17) is 0 Å². The summed E-state index contributed by atoms with van der Waals surface area (Å²) in [7, 11) is 0. The van der Waals surface area contributed by atoms with E-state index in [0.717, 1.165) is 77.0 Å². The van der Waals surface area contributed by atoms with Crippen LogP contribution in [0.1, 0.15) is 241 Å². The van der Waals surface area contributed by atoms with Gasteiger partial charge in [0.05, 0.1) is 0 Å². The zero-order chi connectivity index (χ0) is 60.4. The van der Waals surface area contributed by atoms with E-state index in [1.807, 2.05) is 0 Å². The molecular formula is C80H120. The van der Waals surface area contributed by atoms with Crippen molar-refractivity contribution >= 4 is 0 Å². The molecule has 0 amide bonds. The van der Waals surface area contributed by atoms with Crippen molar-refractivity contribution in [1.29, 1.82) is 0 Å². The Balaban J connectivity index is 0. The first-order valence-electron chi connectivity index (χ1n) is 30.5. The van der Waals surface area contributed by atoms with Gasteiger partial charge in [-0.05, 0) is 241 Å². The SMILES string of the molecule is CC(C)=CCC/C(C)=C/CC/C(C)=C/C=C/C(C)=C/C=C/C=C(C)/C=C/C=C(\C)CC/C=C(\C)CCC=C(C)C.CC(C)=CCC/C(C)=C/CC/C(C)=C/C=C/C(C)=C/C=C/C=C(C)/C=C/C=C(\C)CC/C=C(\C)CCC=C(C)C. The summed E-state index contributed by atoms with van der Waals surface area (Å²) in [5, 5.41) is 0. The zero-order valence-corrected chi connectivity index (χ0v) is 55.5. The summed E-state index contributed by atoms with van der Waals surface area (Å²) in [5.41, 5.74) is 22.3. The van der Waals surface area contributed by atoms with Crippen LogP contribution in [0.5, 0.6) is 0 Å². The van der Waals surface area contributed by atoms with Crippen LogP contribution in [0.3, 0.4) is 0 Å². The Labute approximate surface area is 497 Å². The van der Waals surface area contributed by atoms with Gasteiger partial charge in [-0.1, -0.05) is 259 Å². The maximum absolute atomic E-state index is 2.40. The van der Waals surface area contributed by atoms with Crippen molar-refractivity contribution < 1.29 is 0 Å². The van der Waals surface area contributed by atoms with Crippen LogP contribution in [-0.4, -0.2) is 0 Å². The number of allylic oxidation sites excluding steroid dienone is 44. The van der Waals surface area contributed by atoms with Crippen LogP contribution in [0.4, 0.5) is 0 Å². The van der Waals surface area contributed by atoms with Crippen LogP contribution >= 0.6 is 0 Å². The summed E-state index contributed by atoms with van der Waals surface area (Å²) in [5.74, 6) is 0. The van der Waals surface area contributed by atoms with E-state index in [0.29, 0.717) is 0 Å². The van der Waals surface area contributed by atoms with Gasteiger partial charge in [0.2, 0.25) is 0 Å². The molecular weight excluding hydrogens is 961 g/mol. The Morgan fingerprint density at radius 2 is 0.338 bits per heavy atom. The van der Waals surface area contributed by atoms with Gasteiger partial charge in [0.1, 0.15) is 0 Å². The molecule has 80 heavy (non-hydrogen) atoms. The maximum Gasteiger partial charge on any atom is -0.0285 e. The van der Waals surface area contributed by atoms with E-state index < -0.39 is 0 Å². The number of rotatable bonds is 36. The summed E-state index contributed by atoms with van der Waals surface area (Å²) in [6, 6.07) is 0. The zero-order valence-electron chi connectivity index (χ0n) is 55.5. The van der Waals surface area contributed by atoms with E-state index in [1.54, 1.807) is 0 Å². The summed E-state index contributed by atoms with van der Waals surface area (Å²) in [6.07, 6.45) is 80.6. The molecule has 0 nitrogen and oxygen atoms in total. The van der Waals surface area contributed by atoms with Crippen molar-refractivity contribution in [3.63, 3.8) is 0 Å². The molecule has 0 aliphatic carbocycles. The fourth-order valence-corrected chi connectivity index (χ4v) is 7.79. The first kappa shape index (κ1) is 76.3. The first-order chi connectivity index (χ1) is 38.0. The Kier molecular flexibility index (Phi) is 49.1. The summed E-state index contributed by atoms with van der Waals surface area (Å²) >= 11 is 0. The average Bonchev–Trinajstić information content (AvgIpc) is 3.36. The highest BCUT2D eigenvalue weighted by Crippen LogP contribution is 2.16. The molecule has 0 aliphatic heterocycles. The molecule has 0 heteroatoms. The summed E-state index contributed by atoms with van der Waals surface area (Å²) in [6.45, 7) is 43.8. The molecule has 0 aromatic rings. The third-order valence-electron chi connectivity index (χ3n) is 13.1. The highest BCUT2D eigenvalue weighted by molar-refractivity contribution is 5.32. The van der Waals surface area contributed by atoms with Crippen LogP contribution < -0.4 is 0 Å². The van der Waals surface area contributed by atoms with Crippen molar-refractivity contribution in [3.05, 3.63) is 259 Å². The fraction of sp³-hybridized carbons (Fsp3) is 0.450. The second kappa shape index (κ2) is 51.4. The van der Waals surface area contributed by atoms with Gasteiger partial charge in [-0.25, -0.2) is 0 Å². The van der Waals surface area contributed by atoms with E-state index in [9.17, 15) is 0 Å². The average molecular weight is 1080 g/mol. The molecule has 0 fully saturated rings. The van der Waals surface area contributed by atoms with Crippen molar-refractivity contribution in [1.82, 2.24) is 0 Å². The molecule has 0 heterocycles. The first-order valence-corrected chi connectivity index (χ1v) is 30.5. The standard InChI is InChI=1S/2C40H60/c2*1-33(2)19-13-23-37(7)27-17-31-39(9)29-15-25-35(5)21-11-12-22-36(6)26-16-30-40(10)32-18-28-38(8)24-14-20-34(3)4/h2*11-12,15-16,19-22,25-30H,13-14,17-18,23-24,31-32H2,1-10H3/b2*12-11+,25-15+,26-16+,35-21+,36-22+,37-27+,38-28+,39-29+,40-30+. The Hall–Kier alpha value is -5.72. The van der Waals surface area contributed by atoms with Gasteiger partial charge in [0.25, 0.3) is 0 Å². The molecule has 0 N–H and O–H groups in total. The topological polar surface area (TPSA) is 0 Å². The molecule has 440 valence electrons. The van der Waals surface area contributed by atoms with Crippen LogP contribution in [0, 0.1) is 0 Å². The van der Waals surface area contributed by atoms with Crippen LogP contribution in [0.15, 0.2) is 259 Å². The van der Waals surface area contributed by atoms with Crippen LogP contribution in [0.25, 0.3) is 0 Å². The Morgan fingerprint density at radius 3 is 0.512 bits per heavy atom. The Bertz CT molecular complexity index is 2110. The molecule has 0 bridgehead atoms. The summed E-state index contributed by atoms with van der Waals surface area (Å²) < 4.78 is 0. The highest BCUT2D eigenvalue weighted by Gasteiger charge is 1.96. The molecule has 0 aromatic heterocycles. The monoisotopic (exact) mass is 1080 g/mol. The minimum absolute atomic E-state index is 1.12. The molecule has 0 radical (unpaired) electrons.